The quantitative estimate of drug-likeness (QED) is 0.512. The molecule has 0 saturated carbocycles. The van der Waals surface area contributed by atoms with E-state index >= 15 is 0 Å². The van der Waals surface area contributed by atoms with Crippen LogP contribution in [-0.4, -0.2) is 0 Å². The molecule has 0 amide bonds. The van der Waals surface area contributed by atoms with Gasteiger partial charge in [-0.3, -0.25) is 0 Å². The van der Waals surface area contributed by atoms with Gasteiger partial charge in [0.15, 0.2) is 0 Å². The third-order valence-corrected chi connectivity index (χ3v) is 3.64. The van der Waals surface area contributed by atoms with Crippen molar-refractivity contribution in [2.45, 2.75) is 80.1 Å². The lowest BCUT2D eigenvalue weighted by molar-refractivity contribution is 0.218. The summed E-state index contributed by atoms with van der Waals surface area (Å²) in [6.07, 6.45) is 8.17. The molecule has 0 heterocycles. The van der Waals surface area contributed by atoms with Gasteiger partial charge in [-0.1, -0.05) is 60.8 Å². The maximum atomic E-state index is 2.42. The maximum absolute atomic E-state index is 2.42. The summed E-state index contributed by atoms with van der Waals surface area (Å²) in [6, 6.07) is 0. The van der Waals surface area contributed by atoms with Gasteiger partial charge in [-0.05, 0) is 30.1 Å². The van der Waals surface area contributed by atoms with Crippen LogP contribution < -0.4 is 0 Å². The van der Waals surface area contributed by atoms with Gasteiger partial charge in [0.1, 0.15) is 0 Å². The van der Waals surface area contributed by atoms with Crippen molar-refractivity contribution in [1.82, 2.24) is 0 Å². The second-order valence-corrected chi connectivity index (χ2v) is 6.29. The Kier molecular flexibility index (Phi) is 5.78. The molecule has 0 atom stereocenters. The highest BCUT2D eigenvalue weighted by atomic mass is 14.3. The van der Waals surface area contributed by atoms with Crippen molar-refractivity contribution in [2.24, 2.45) is 10.8 Å². The Morgan fingerprint density at radius 2 is 1.21 bits per heavy atom. The minimum absolute atomic E-state index is 0.545. The lowest BCUT2D eigenvalue weighted by atomic mass is 9.75. The fraction of sp³-hybridized carbons (Fsp3) is 1.00. The third kappa shape index (κ3) is 6.45. The van der Waals surface area contributed by atoms with Crippen LogP contribution in [0.1, 0.15) is 80.1 Å². The third-order valence-electron chi connectivity index (χ3n) is 3.64. The highest BCUT2D eigenvalue weighted by molar-refractivity contribution is 4.74. The zero-order valence-electron chi connectivity index (χ0n) is 11.2. The van der Waals surface area contributed by atoms with Gasteiger partial charge in [0.2, 0.25) is 0 Å². The summed E-state index contributed by atoms with van der Waals surface area (Å²) in [6.45, 7) is 14.2. The summed E-state index contributed by atoms with van der Waals surface area (Å²) in [5.41, 5.74) is 1.10. The van der Waals surface area contributed by atoms with E-state index in [1.165, 1.54) is 38.5 Å². The summed E-state index contributed by atoms with van der Waals surface area (Å²) in [5.74, 6) is 0. The average molecular weight is 198 g/mol. The van der Waals surface area contributed by atoms with Crippen molar-refractivity contribution >= 4 is 0 Å². The summed E-state index contributed by atoms with van der Waals surface area (Å²) < 4.78 is 0. The lowest BCUT2D eigenvalue weighted by Crippen LogP contribution is -2.17. The van der Waals surface area contributed by atoms with E-state index in [4.69, 9.17) is 0 Å². The first-order valence-corrected chi connectivity index (χ1v) is 6.33. The monoisotopic (exact) mass is 198 g/mol. The highest BCUT2D eigenvalue weighted by Crippen LogP contribution is 2.35. The van der Waals surface area contributed by atoms with Crippen molar-refractivity contribution in [1.29, 1.82) is 0 Å². The van der Waals surface area contributed by atoms with Gasteiger partial charge in [-0.2, -0.15) is 0 Å². The fourth-order valence-electron chi connectivity index (χ4n) is 1.63. The molecule has 0 nitrogen and oxygen atoms in total. The van der Waals surface area contributed by atoms with Gasteiger partial charge in [-0.25, -0.2) is 0 Å². The Balaban J connectivity index is 3.85. The van der Waals surface area contributed by atoms with Crippen molar-refractivity contribution in [3.8, 4) is 0 Å². The standard InChI is InChI=1S/C14H30/c1-7-9-10-14(5,6)12-11-13(3,4)8-2/h7-12H2,1-6H3. The van der Waals surface area contributed by atoms with Gasteiger partial charge in [-0.15, -0.1) is 0 Å². The second kappa shape index (κ2) is 5.78. The molecule has 0 N–H and O–H groups in total. The molecule has 0 spiro atoms. The molecule has 0 saturated heterocycles. The first kappa shape index (κ1) is 14.0. The molecule has 0 bridgehead atoms. The van der Waals surface area contributed by atoms with Crippen molar-refractivity contribution in [2.75, 3.05) is 0 Å². The van der Waals surface area contributed by atoms with Crippen molar-refractivity contribution in [3.05, 3.63) is 0 Å². The SMILES string of the molecule is CCCCC(C)(C)CCC(C)(C)CC. The minimum Gasteiger partial charge on any atom is -0.0654 e. The Morgan fingerprint density at radius 1 is 0.714 bits per heavy atom. The van der Waals surface area contributed by atoms with Gasteiger partial charge in [0.05, 0.1) is 0 Å². The van der Waals surface area contributed by atoms with Crippen LogP contribution in [0.25, 0.3) is 0 Å². The van der Waals surface area contributed by atoms with E-state index in [-0.39, 0.29) is 0 Å². The van der Waals surface area contributed by atoms with Crippen molar-refractivity contribution in [3.63, 3.8) is 0 Å². The summed E-state index contributed by atoms with van der Waals surface area (Å²) >= 11 is 0. The van der Waals surface area contributed by atoms with E-state index in [1.807, 2.05) is 0 Å². The second-order valence-electron chi connectivity index (χ2n) is 6.29. The molecule has 0 aliphatic rings. The zero-order valence-corrected chi connectivity index (χ0v) is 11.2. The smallest absolute Gasteiger partial charge is 0.0354 e. The van der Waals surface area contributed by atoms with Gasteiger partial charge in [0, 0.05) is 0 Å². The Morgan fingerprint density at radius 3 is 1.64 bits per heavy atom. The molecule has 0 rings (SSSR count). The van der Waals surface area contributed by atoms with Crippen LogP contribution in [0.15, 0.2) is 0 Å². The number of rotatable bonds is 7. The summed E-state index contributed by atoms with van der Waals surface area (Å²) in [7, 11) is 0. The molecule has 0 fully saturated rings. The van der Waals surface area contributed by atoms with Crippen molar-refractivity contribution < 1.29 is 0 Å². The molecule has 0 aromatic rings. The van der Waals surface area contributed by atoms with E-state index in [1.54, 1.807) is 0 Å². The molecule has 0 aromatic carbocycles. The molecule has 0 unspecified atom stereocenters. The molecule has 0 radical (unpaired) electrons. The topological polar surface area (TPSA) is 0 Å². The predicted molar refractivity (Wildman–Crippen MR) is 66.6 cm³/mol. The van der Waals surface area contributed by atoms with Crippen LogP contribution in [0, 0.1) is 10.8 Å². The first-order valence-electron chi connectivity index (χ1n) is 6.33. The Bertz CT molecular complexity index is 142. The van der Waals surface area contributed by atoms with Crippen LogP contribution in [0.2, 0.25) is 0 Å². The number of unbranched alkanes of at least 4 members (excludes halogenated alkanes) is 1. The van der Waals surface area contributed by atoms with Gasteiger partial charge >= 0.3 is 0 Å². The summed E-state index contributed by atoms with van der Waals surface area (Å²) in [5, 5.41) is 0. The Labute approximate surface area is 91.5 Å². The largest absolute Gasteiger partial charge is 0.0654 e. The van der Waals surface area contributed by atoms with Gasteiger partial charge < -0.3 is 0 Å². The van der Waals surface area contributed by atoms with E-state index < -0.39 is 0 Å². The normalized spacial score (nSPS) is 13.3. The predicted octanol–water partition coefficient (Wildman–Crippen LogP) is 5.42. The van der Waals surface area contributed by atoms with Crippen LogP contribution >= 0.6 is 0 Å². The van der Waals surface area contributed by atoms with E-state index in [2.05, 4.69) is 41.5 Å². The number of hydrogen-bond donors (Lipinski definition) is 0. The van der Waals surface area contributed by atoms with E-state index in [9.17, 15) is 0 Å². The molecular formula is C14H30. The summed E-state index contributed by atoms with van der Waals surface area (Å²) in [4.78, 5) is 0. The Hall–Kier alpha value is 0. The lowest BCUT2D eigenvalue weighted by Gasteiger charge is -2.30. The minimum atomic E-state index is 0.545. The average Bonchev–Trinajstić information content (AvgIpc) is 2.12. The van der Waals surface area contributed by atoms with Crippen LogP contribution in [0.5, 0.6) is 0 Å². The maximum Gasteiger partial charge on any atom is -0.0354 e. The molecule has 0 aliphatic carbocycles. The van der Waals surface area contributed by atoms with Gasteiger partial charge in [0.25, 0.3) is 0 Å². The molecule has 86 valence electrons. The molecular weight excluding hydrogens is 168 g/mol. The molecule has 0 aliphatic heterocycles. The van der Waals surface area contributed by atoms with E-state index in [0.29, 0.717) is 10.8 Å². The fourth-order valence-corrected chi connectivity index (χ4v) is 1.63. The first-order chi connectivity index (χ1) is 6.33. The van der Waals surface area contributed by atoms with E-state index in [0.717, 1.165) is 0 Å². The molecule has 0 heteroatoms. The molecule has 14 heavy (non-hydrogen) atoms. The van der Waals surface area contributed by atoms with Crippen LogP contribution in [0.4, 0.5) is 0 Å². The molecule has 0 aromatic heterocycles. The zero-order chi connectivity index (χ0) is 11.2. The van der Waals surface area contributed by atoms with Crippen LogP contribution in [0.3, 0.4) is 0 Å². The van der Waals surface area contributed by atoms with Crippen LogP contribution in [-0.2, 0) is 0 Å². The highest BCUT2D eigenvalue weighted by Gasteiger charge is 2.22. The number of hydrogen-bond acceptors (Lipinski definition) is 0.